The summed E-state index contributed by atoms with van der Waals surface area (Å²) in [5.41, 5.74) is 1.19. The summed E-state index contributed by atoms with van der Waals surface area (Å²) in [4.78, 5) is 2.22. The maximum Gasteiger partial charge on any atom is 0.310 e. The predicted octanol–water partition coefficient (Wildman–Crippen LogP) is 3.24. The lowest BCUT2D eigenvalue weighted by Crippen LogP contribution is -2.30. The Morgan fingerprint density at radius 3 is 2.44 bits per heavy atom. The maximum absolute atomic E-state index is 12.2. The first-order chi connectivity index (χ1) is 12.1. The fourth-order valence-electron chi connectivity index (χ4n) is 3.19. The molecule has 0 spiro atoms. The van der Waals surface area contributed by atoms with Crippen LogP contribution in [0.5, 0.6) is 11.5 Å². The monoisotopic (exact) mass is 361 g/mol. The van der Waals surface area contributed by atoms with Crippen LogP contribution in [-0.4, -0.2) is 39.3 Å². The Labute approximate surface area is 149 Å². The first-order valence-corrected chi connectivity index (χ1v) is 10.0. The van der Waals surface area contributed by atoms with E-state index in [-0.39, 0.29) is 11.8 Å². The third-order valence-corrected chi connectivity index (χ3v) is 5.59. The molecule has 0 aromatic heterocycles. The van der Waals surface area contributed by atoms with Gasteiger partial charge in [0.15, 0.2) is 0 Å². The molecule has 1 atom stereocenters. The fraction of sp³-hybridized carbons (Fsp3) is 0.368. The topological polar surface area (TPSA) is 55.8 Å². The minimum Gasteiger partial charge on any atom is -0.497 e. The molecular formula is C19H23NO4S. The third-order valence-electron chi connectivity index (χ3n) is 4.46. The van der Waals surface area contributed by atoms with Crippen LogP contribution in [0, 0.1) is 0 Å². The van der Waals surface area contributed by atoms with Crippen LogP contribution < -0.4 is 8.92 Å². The highest BCUT2D eigenvalue weighted by molar-refractivity contribution is 7.87. The standard InChI is InChI=1S/C19H23NO4S/c1-23-17-11-9-16(10-12-17)19-8-5-13-20(19)14-15-25(21,22)24-18-6-3-2-4-7-18/h2-4,6-7,9-12,19H,5,8,13-15H2,1H3. The second-order valence-corrected chi connectivity index (χ2v) is 7.82. The molecule has 1 saturated heterocycles. The Hall–Kier alpha value is -2.05. The smallest absolute Gasteiger partial charge is 0.310 e. The minimum atomic E-state index is -3.60. The first-order valence-electron chi connectivity index (χ1n) is 8.42. The van der Waals surface area contributed by atoms with Crippen molar-refractivity contribution in [3.05, 3.63) is 60.2 Å². The Bertz CT molecular complexity index is 775. The maximum atomic E-state index is 12.2. The van der Waals surface area contributed by atoms with Crippen molar-refractivity contribution in [3.63, 3.8) is 0 Å². The molecule has 1 aliphatic heterocycles. The van der Waals surface area contributed by atoms with Gasteiger partial charge in [-0.15, -0.1) is 0 Å². The molecule has 5 nitrogen and oxygen atoms in total. The van der Waals surface area contributed by atoms with E-state index in [9.17, 15) is 8.42 Å². The minimum absolute atomic E-state index is 0.0193. The average Bonchev–Trinajstić information content (AvgIpc) is 3.09. The van der Waals surface area contributed by atoms with Gasteiger partial charge in [-0.05, 0) is 49.2 Å². The lowest BCUT2D eigenvalue weighted by Gasteiger charge is -2.24. The largest absolute Gasteiger partial charge is 0.497 e. The number of ether oxygens (including phenoxy) is 1. The Kier molecular flexibility index (Phi) is 5.60. The zero-order valence-corrected chi connectivity index (χ0v) is 15.1. The molecule has 25 heavy (non-hydrogen) atoms. The van der Waals surface area contributed by atoms with Crippen molar-refractivity contribution in [1.29, 1.82) is 0 Å². The average molecular weight is 361 g/mol. The lowest BCUT2D eigenvalue weighted by molar-refractivity contribution is 0.270. The van der Waals surface area contributed by atoms with Gasteiger partial charge in [-0.25, -0.2) is 0 Å². The van der Waals surface area contributed by atoms with E-state index in [2.05, 4.69) is 17.0 Å². The van der Waals surface area contributed by atoms with Crippen molar-refractivity contribution in [2.45, 2.75) is 18.9 Å². The van der Waals surface area contributed by atoms with Gasteiger partial charge in [0.2, 0.25) is 0 Å². The van der Waals surface area contributed by atoms with Crippen molar-refractivity contribution in [3.8, 4) is 11.5 Å². The lowest BCUT2D eigenvalue weighted by atomic mass is 10.0. The van der Waals surface area contributed by atoms with Gasteiger partial charge in [-0.1, -0.05) is 30.3 Å². The van der Waals surface area contributed by atoms with Crippen LogP contribution in [0.15, 0.2) is 54.6 Å². The molecule has 3 rings (SSSR count). The third kappa shape index (κ3) is 4.74. The van der Waals surface area contributed by atoms with Crippen molar-refractivity contribution >= 4 is 10.1 Å². The second kappa shape index (κ2) is 7.89. The Balaban J connectivity index is 1.61. The number of nitrogens with zero attached hydrogens (tertiary/aromatic N) is 1. The molecule has 6 heteroatoms. The van der Waals surface area contributed by atoms with Crippen molar-refractivity contribution < 1.29 is 17.3 Å². The van der Waals surface area contributed by atoms with E-state index < -0.39 is 10.1 Å². The van der Waals surface area contributed by atoms with E-state index in [4.69, 9.17) is 8.92 Å². The number of methoxy groups -OCH3 is 1. The number of rotatable bonds is 7. The van der Waals surface area contributed by atoms with Gasteiger partial charge < -0.3 is 8.92 Å². The van der Waals surface area contributed by atoms with Crippen LogP contribution in [0.2, 0.25) is 0 Å². The first kappa shape index (κ1) is 17.8. The normalized spacial score (nSPS) is 18.2. The molecule has 1 unspecified atom stereocenters. The SMILES string of the molecule is COc1ccc(C2CCCN2CCS(=O)(=O)Oc2ccccc2)cc1. The summed E-state index contributed by atoms with van der Waals surface area (Å²) in [6.45, 7) is 1.36. The summed E-state index contributed by atoms with van der Waals surface area (Å²) in [5.74, 6) is 1.16. The van der Waals surface area contributed by atoms with Crippen molar-refractivity contribution in [1.82, 2.24) is 4.90 Å². The molecular weight excluding hydrogens is 338 g/mol. The van der Waals surface area contributed by atoms with Crippen LogP contribution in [-0.2, 0) is 10.1 Å². The fourth-order valence-corrected chi connectivity index (χ4v) is 4.14. The van der Waals surface area contributed by atoms with Gasteiger partial charge in [0.05, 0.1) is 12.9 Å². The highest BCUT2D eigenvalue weighted by Gasteiger charge is 2.27. The highest BCUT2D eigenvalue weighted by Crippen LogP contribution is 2.32. The van der Waals surface area contributed by atoms with Gasteiger partial charge >= 0.3 is 10.1 Å². The van der Waals surface area contributed by atoms with Gasteiger partial charge in [0.25, 0.3) is 0 Å². The quantitative estimate of drug-likeness (QED) is 0.709. The van der Waals surface area contributed by atoms with E-state index in [1.165, 1.54) is 5.56 Å². The summed E-state index contributed by atoms with van der Waals surface area (Å²) in [6, 6.07) is 16.9. The summed E-state index contributed by atoms with van der Waals surface area (Å²) >= 11 is 0. The van der Waals surface area contributed by atoms with Crippen LogP contribution in [0.1, 0.15) is 24.4 Å². The van der Waals surface area contributed by atoms with Gasteiger partial charge in [0.1, 0.15) is 11.5 Å². The molecule has 1 heterocycles. The number of benzene rings is 2. The molecule has 2 aromatic rings. The Morgan fingerprint density at radius 2 is 1.76 bits per heavy atom. The molecule has 1 aliphatic rings. The number of hydrogen-bond acceptors (Lipinski definition) is 5. The van der Waals surface area contributed by atoms with Crippen LogP contribution in [0.4, 0.5) is 0 Å². The molecule has 1 fully saturated rings. The van der Waals surface area contributed by atoms with Gasteiger partial charge in [-0.3, -0.25) is 4.90 Å². The van der Waals surface area contributed by atoms with E-state index >= 15 is 0 Å². The van der Waals surface area contributed by atoms with Gasteiger partial charge in [0, 0.05) is 12.6 Å². The van der Waals surface area contributed by atoms with Crippen molar-refractivity contribution in [2.75, 3.05) is 26.0 Å². The Morgan fingerprint density at radius 1 is 1.04 bits per heavy atom. The molecule has 0 saturated carbocycles. The number of likely N-dealkylation sites (tertiary alicyclic amines) is 1. The zero-order valence-electron chi connectivity index (χ0n) is 14.3. The number of para-hydroxylation sites is 1. The van der Waals surface area contributed by atoms with E-state index in [1.807, 2.05) is 18.2 Å². The van der Waals surface area contributed by atoms with E-state index in [1.54, 1.807) is 31.4 Å². The molecule has 0 bridgehead atoms. The highest BCUT2D eigenvalue weighted by atomic mass is 32.2. The van der Waals surface area contributed by atoms with E-state index in [0.29, 0.717) is 12.3 Å². The van der Waals surface area contributed by atoms with Gasteiger partial charge in [-0.2, -0.15) is 8.42 Å². The second-order valence-electron chi connectivity index (χ2n) is 6.13. The predicted molar refractivity (Wildman–Crippen MR) is 97.4 cm³/mol. The molecule has 0 amide bonds. The molecule has 2 aromatic carbocycles. The molecule has 0 radical (unpaired) electrons. The van der Waals surface area contributed by atoms with Crippen LogP contribution >= 0.6 is 0 Å². The van der Waals surface area contributed by atoms with Crippen LogP contribution in [0.25, 0.3) is 0 Å². The molecule has 134 valence electrons. The summed E-state index contributed by atoms with van der Waals surface area (Å²) in [6.07, 6.45) is 2.10. The van der Waals surface area contributed by atoms with Crippen molar-refractivity contribution in [2.24, 2.45) is 0 Å². The molecule has 0 N–H and O–H groups in total. The van der Waals surface area contributed by atoms with Crippen LogP contribution in [0.3, 0.4) is 0 Å². The zero-order chi connectivity index (χ0) is 17.7. The molecule has 0 aliphatic carbocycles. The summed E-state index contributed by atoms with van der Waals surface area (Å²) < 4.78 is 34.8. The number of hydrogen-bond donors (Lipinski definition) is 0. The van der Waals surface area contributed by atoms with E-state index in [0.717, 1.165) is 25.1 Å². The summed E-state index contributed by atoms with van der Waals surface area (Å²) in [7, 11) is -1.95. The summed E-state index contributed by atoms with van der Waals surface area (Å²) in [5, 5.41) is 0.